The van der Waals surface area contributed by atoms with Crippen LogP contribution < -0.4 is 0 Å². The number of hydrogen-bond donors (Lipinski definition) is 0. The Morgan fingerprint density at radius 1 is 0.917 bits per heavy atom. The van der Waals surface area contributed by atoms with Crippen LogP contribution in [0.2, 0.25) is 0 Å². The fraction of sp³-hybridized carbons (Fsp3) is 0.909. The third kappa shape index (κ3) is 9.96. The van der Waals surface area contributed by atoms with E-state index in [2.05, 4.69) is 6.92 Å². The standard InChI is InChI=1S/C11H23O/c1-3-4-5-6-7-8-9-10-11-12-2/h11H,3-10H2,1-2H3. The molecule has 12 heavy (non-hydrogen) atoms. The van der Waals surface area contributed by atoms with E-state index in [9.17, 15) is 0 Å². The lowest BCUT2D eigenvalue weighted by Crippen LogP contribution is -1.82. The fourth-order valence-corrected chi connectivity index (χ4v) is 1.30. The van der Waals surface area contributed by atoms with Crippen LogP contribution in [-0.2, 0) is 4.74 Å². The van der Waals surface area contributed by atoms with Gasteiger partial charge in [-0.05, 0) is 6.42 Å². The monoisotopic (exact) mass is 171 g/mol. The van der Waals surface area contributed by atoms with Gasteiger partial charge in [-0.15, -0.1) is 0 Å². The minimum Gasteiger partial charge on any atom is -0.379 e. The Morgan fingerprint density at radius 2 is 1.50 bits per heavy atom. The zero-order chi connectivity index (χ0) is 9.07. The van der Waals surface area contributed by atoms with Crippen LogP contribution in [0.1, 0.15) is 58.3 Å². The van der Waals surface area contributed by atoms with Crippen molar-refractivity contribution in [2.75, 3.05) is 7.11 Å². The maximum Gasteiger partial charge on any atom is 0.0832 e. The van der Waals surface area contributed by atoms with Gasteiger partial charge < -0.3 is 4.74 Å². The predicted molar refractivity (Wildman–Crippen MR) is 53.9 cm³/mol. The van der Waals surface area contributed by atoms with Crippen molar-refractivity contribution < 1.29 is 4.74 Å². The minimum absolute atomic E-state index is 1.12. The average Bonchev–Trinajstić information content (AvgIpc) is 2.10. The van der Waals surface area contributed by atoms with Crippen molar-refractivity contribution in [3.05, 3.63) is 6.61 Å². The third-order valence-corrected chi connectivity index (χ3v) is 2.09. The number of unbranched alkanes of at least 4 members (excludes halogenated alkanes) is 7. The molecule has 0 heterocycles. The summed E-state index contributed by atoms with van der Waals surface area (Å²) in [6.45, 7) is 4.15. The lowest BCUT2D eigenvalue weighted by Gasteiger charge is -1.99. The molecule has 0 amide bonds. The Hall–Kier alpha value is -0.0400. The lowest BCUT2D eigenvalue weighted by molar-refractivity contribution is 0.262. The molecule has 0 N–H and O–H groups in total. The fourth-order valence-electron chi connectivity index (χ4n) is 1.30. The van der Waals surface area contributed by atoms with Crippen molar-refractivity contribution in [2.45, 2.75) is 58.3 Å². The highest BCUT2D eigenvalue weighted by molar-refractivity contribution is 4.51. The number of ether oxygens (including phenoxy) is 1. The molecule has 0 aliphatic carbocycles. The first-order valence-corrected chi connectivity index (χ1v) is 5.26. The molecular formula is C11H23O. The van der Waals surface area contributed by atoms with E-state index in [0.717, 1.165) is 6.42 Å². The number of rotatable bonds is 9. The van der Waals surface area contributed by atoms with Gasteiger partial charge in [0.15, 0.2) is 0 Å². The summed E-state index contributed by atoms with van der Waals surface area (Å²) in [5, 5.41) is 0. The van der Waals surface area contributed by atoms with E-state index in [4.69, 9.17) is 4.74 Å². The second kappa shape index (κ2) is 11.0. The third-order valence-electron chi connectivity index (χ3n) is 2.09. The van der Waals surface area contributed by atoms with Crippen LogP contribution in [0, 0.1) is 6.61 Å². The van der Waals surface area contributed by atoms with E-state index in [0.29, 0.717) is 0 Å². The molecule has 1 heteroatoms. The Labute approximate surface area is 77.5 Å². The van der Waals surface area contributed by atoms with Gasteiger partial charge in [0.1, 0.15) is 0 Å². The van der Waals surface area contributed by atoms with E-state index >= 15 is 0 Å². The van der Waals surface area contributed by atoms with Crippen LogP contribution in [0.15, 0.2) is 0 Å². The number of methoxy groups -OCH3 is 1. The highest BCUT2D eigenvalue weighted by atomic mass is 16.5. The summed E-state index contributed by atoms with van der Waals surface area (Å²) in [6.07, 6.45) is 10.8. The molecule has 73 valence electrons. The predicted octanol–water partition coefficient (Wildman–Crippen LogP) is 3.94. The molecule has 0 atom stereocenters. The maximum atomic E-state index is 4.86. The van der Waals surface area contributed by atoms with Gasteiger partial charge in [0.2, 0.25) is 0 Å². The summed E-state index contributed by atoms with van der Waals surface area (Å²) < 4.78 is 4.86. The Morgan fingerprint density at radius 3 is 2.08 bits per heavy atom. The van der Waals surface area contributed by atoms with Gasteiger partial charge in [-0.1, -0.05) is 51.9 Å². The first-order valence-electron chi connectivity index (χ1n) is 5.26. The summed E-state index contributed by atoms with van der Waals surface area (Å²) in [6, 6.07) is 0. The molecule has 0 spiro atoms. The van der Waals surface area contributed by atoms with Gasteiger partial charge >= 0.3 is 0 Å². The zero-order valence-corrected chi connectivity index (χ0v) is 8.64. The molecule has 0 unspecified atom stereocenters. The smallest absolute Gasteiger partial charge is 0.0832 e. The molecule has 0 aliphatic heterocycles. The topological polar surface area (TPSA) is 9.23 Å². The quantitative estimate of drug-likeness (QED) is 0.477. The zero-order valence-electron chi connectivity index (χ0n) is 8.64. The molecule has 1 radical (unpaired) electrons. The molecule has 0 saturated carbocycles. The van der Waals surface area contributed by atoms with Crippen LogP contribution in [0.25, 0.3) is 0 Å². The van der Waals surface area contributed by atoms with Crippen molar-refractivity contribution in [3.8, 4) is 0 Å². The average molecular weight is 171 g/mol. The maximum absolute atomic E-state index is 4.86. The molecule has 0 aromatic heterocycles. The van der Waals surface area contributed by atoms with Gasteiger partial charge in [0.25, 0.3) is 0 Å². The molecule has 1 nitrogen and oxygen atoms in total. The molecule has 0 rings (SSSR count). The Kier molecular flexibility index (Phi) is 10.9. The molecule has 0 saturated heterocycles. The normalized spacial score (nSPS) is 10.5. The van der Waals surface area contributed by atoms with Crippen LogP contribution >= 0.6 is 0 Å². The lowest BCUT2D eigenvalue weighted by atomic mass is 10.1. The molecular weight excluding hydrogens is 148 g/mol. The van der Waals surface area contributed by atoms with E-state index in [1.165, 1.54) is 44.9 Å². The Balaban J connectivity index is 2.73. The van der Waals surface area contributed by atoms with Gasteiger partial charge in [-0.2, -0.15) is 0 Å². The SMILES string of the molecule is CCCCCCCCC[CH]OC. The van der Waals surface area contributed by atoms with Crippen molar-refractivity contribution in [3.63, 3.8) is 0 Å². The largest absolute Gasteiger partial charge is 0.379 e. The van der Waals surface area contributed by atoms with Crippen molar-refractivity contribution in [1.82, 2.24) is 0 Å². The summed E-state index contributed by atoms with van der Waals surface area (Å²) >= 11 is 0. The molecule has 0 aromatic rings. The van der Waals surface area contributed by atoms with Crippen molar-refractivity contribution in [1.29, 1.82) is 0 Å². The van der Waals surface area contributed by atoms with E-state index in [1.807, 2.05) is 6.61 Å². The van der Waals surface area contributed by atoms with Crippen LogP contribution in [0.5, 0.6) is 0 Å². The van der Waals surface area contributed by atoms with Crippen molar-refractivity contribution in [2.24, 2.45) is 0 Å². The molecule has 0 bridgehead atoms. The second-order valence-corrected chi connectivity index (χ2v) is 3.31. The summed E-state index contributed by atoms with van der Waals surface area (Å²) in [7, 11) is 1.72. The summed E-state index contributed by atoms with van der Waals surface area (Å²) in [4.78, 5) is 0. The van der Waals surface area contributed by atoms with Crippen molar-refractivity contribution >= 4 is 0 Å². The van der Waals surface area contributed by atoms with E-state index in [1.54, 1.807) is 7.11 Å². The summed E-state index contributed by atoms with van der Waals surface area (Å²) in [5.74, 6) is 0. The van der Waals surface area contributed by atoms with Crippen LogP contribution in [0.3, 0.4) is 0 Å². The van der Waals surface area contributed by atoms with Gasteiger partial charge in [0, 0.05) is 7.11 Å². The highest BCUT2D eigenvalue weighted by Crippen LogP contribution is 2.08. The highest BCUT2D eigenvalue weighted by Gasteiger charge is 1.90. The summed E-state index contributed by atoms with van der Waals surface area (Å²) in [5.41, 5.74) is 0. The molecule has 0 fully saturated rings. The van der Waals surface area contributed by atoms with Gasteiger partial charge in [-0.3, -0.25) is 0 Å². The van der Waals surface area contributed by atoms with Crippen LogP contribution in [0.4, 0.5) is 0 Å². The molecule has 0 aromatic carbocycles. The Bertz CT molecular complexity index is 61.4. The van der Waals surface area contributed by atoms with Gasteiger partial charge in [0.05, 0.1) is 6.61 Å². The first-order chi connectivity index (χ1) is 5.91. The first kappa shape index (κ1) is 12.0. The van der Waals surface area contributed by atoms with E-state index < -0.39 is 0 Å². The minimum atomic E-state index is 1.12. The molecule has 0 aliphatic rings. The second-order valence-electron chi connectivity index (χ2n) is 3.31. The number of hydrogen-bond acceptors (Lipinski definition) is 1. The van der Waals surface area contributed by atoms with Gasteiger partial charge in [-0.25, -0.2) is 0 Å². The van der Waals surface area contributed by atoms with Crippen LogP contribution in [-0.4, -0.2) is 7.11 Å². The van der Waals surface area contributed by atoms with E-state index in [-0.39, 0.29) is 0 Å².